The number of nitrogens with one attached hydrogen (secondary N) is 1. The third-order valence-corrected chi connectivity index (χ3v) is 3.93. The summed E-state index contributed by atoms with van der Waals surface area (Å²) in [5.41, 5.74) is 4.10. The zero-order valence-corrected chi connectivity index (χ0v) is 11.0. The Kier molecular flexibility index (Phi) is 3.51. The van der Waals surface area contributed by atoms with Crippen molar-refractivity contribution in [1.29, 1.82) is 0 Å². The number of nitrogens with zero attached hydrogens (tertiary/aromatic N) is 4. The van der Waals surface area contributed by atoms with E-state index in [1.807, 2.05) is 0 Å². The average molecular weight is 252 g/mol. The van der Waals surface area contributed by atoms with E-state index in [9.17, 15) is 0 Å². The Morgan fingerprint density at radius 3 is 2.76 bits per heavy atom. The molecule has 2 aromatic rings. The SMILES string of the molecule is Cc1cc(C(Cc2nnn(C)n2)NN)sc1C. The van der Waals surface area contributed by atoms with Gasteiger partial charge in [0.2, 0.25) is 0 Å². The minimum atomic E-state index is 0.0385. The Bertz CT molecular complexity index is 483. The van der Waals surface area contributed by atoms with Crippen LogP contribution >= 0.6 is 11.3 Å². The van der Waals surface area contributed by atoms with Gasteiger partial charge in [0.1, 0.15) is 0 Å². The summed E-state index contributed by atoms with van der Waals surface area (Å²) in [5.74, 6) is 6.29. The number of tetrazole rings is 1. The highest BCUT2D eigenvalue weighted by atomic mass is 32.1. The van der Waals surface area contributed by atoms with Crippen molar-refractivity contribution in [3.8, 4) is 0 Å². The van der Waals surface area contributed by atoms with Crippen LogP contribution in [0.15, 0.2) is 6.07 Å². The minimum absolute atomic E-state index is 0.0385. The van der Waals surface area contributed by atoms with Crippen LogP contribution in [-0.2, 0) is 13.5 Å². The summed E-state index contributed by atoms with van der Waals surface area (Å²) < 4.78 is 0. The molecule has 0 bridgehead atoms. The van der Waals surface area contributed by atoms with Gasteiger partial charge in [-0.3, -0.25) is 11.3 Å². The monoisotopic (exact) mass is 252 g/mol. The zero-order valence-electron chi connectivity index (χ0n) is 10.1. The first-order valence-corrected chi connectivity index (χ1v) is 6.17. The molecule has 17 heavy (non-hydrogen) atoms. The fourth-order valence-electron chi connectivity index (χ4n) is 1.60. The van der Waals surface area contributed by atoms with Gasteiger partial charge in [-0.05, 0) is 30.7 Å². The molecule has 0 aliphatic carbocycles. The zero-order chi connectivity index (χ0) is 12.4. The normalized spacial score (nSPS) is 12.9. The lowest BCUT2D eigenvalue weighted by Gasteiger charge is -2.11. The Morgan fingerprint density at radius 2 is 2.29 bits per heavy atom. The largest absolute Gasteiger partial charge is 0.271 e. The lowest BCUT2D eigenvalue weighted by atomic mass is 10.1. The molecule has 0 aliphatic rings. The summed E-state index contributed by atoms with van der Waals surface area (Å²) in [4.78, 5) is 3.97. The fourth-order valence-corrected chi connectivity index (χ4v) is 2.71. The molecule has 0 saturated carbocycles. The van der Waals surface area contributed by atoms with Crippen molar-refractivity contribution in [2.75, 3.05) is 0 Å². The van der Waals surface area contributed by atoms with Gasteiger partial charge in [0.15, 0.2) is 5.82 Å². The topological polar surface area (TPSA) is 81.7 Å². The molecule has 0 aliphatic heterocycles. The van der Waals surface area contributed by atoms with E-state index in [0.717, 1.165) is 0 Å². The molecule has 7 heteroatoms. The van der Waals surface area contributed by atoms with Gasteiger partial charge in [-0.1, -0.05) is 0 Å². The minimum Gasteiger partial charge on any atom is -0.271 e. The highest BCUT2D eigenvalue weighted by Gasteiger charge is 2.16. The van der Waals surface area contributed by atoms with Crippen LogP contribution in [0.5, 0.6) is 0 Å². The number of hydrazine groups is 1. The lowest BCUT2D eigenvalue weighted by molar-refractivity contribution is 0.544. The van der Waals surface area contributed by atoms with Gasteiger partial charge in [-0.15, -0.1) is 21.5 Å². The second-order valence-electron chi connectivity index (χ2n) is 4.01. The van der Waals surface area contributed by atoms with E-state index in [2.05, 4.69) is 40.8 Å². The van der Waals surface area contributed by atoms with Crippen LogP contribution in [0.1, 0.15) is 27.2 Å². The predicted octanol–water partition coefficient (Wildman–Crippen LogP) is 0.636. The molecule has 0 saturated heterocycles. The summed E-state index contributed by atoms with van der Waals surface area (Å²) in [7, 11) is 1.75. The van der Waals surface area contributed by atoms with E-state index < -0.39 is 0 Å². The van der Waals surface area contributed by atoms with Crippen LogP contribution in [-0.4, -0.2) is 20.2 Å². The Hall–Kier alpha value is -1.31. The van der Waals surface area contributed by atoms with Crippen LogP contribution in [0.25, 0.3) is 0 Å². The van der Waals surface area contributed by atoms with Gasteiger partial charge in [0, 0.05) is 16.2 Å². The molecule has 2 heterocycles. The van der Waals surface area contributed by atoms with E-state index in [-0.39, 0.29) is 6.04 Å². The van der Waals surface area contributed by atoms with Crippen LogP contribution in [0, 0.1) is 13.8 Å². The smallest absolute Gasteiger partial charge is 0.176 e. The van der Waals surface area contributed by atoms with E-state index in [0.29, 0.717) is 12.2 Å². The first-order chi connectivity index (χ1) is 8.10. The van der Waals surface area contributed by atoms with Gasteiger partial charge < -0.3 is 0 Å². The van der Waals surface area contributed by atoms with Crippen LogP contribution < -0.4 is 11.3 Å². The number of hydrogen-bond acceptors (Lipinski definition) is 6. The summed E-state index contributed by atoms with van der Waals surface area (Å²) in [6.07, 6.45) is 0.643. The molecule has 0 aromatic carbocycles. The number of hydrogen-bond donors (Lipinski definition) is 2. The van der Waals surface area contributed by atoms with Gasteiger partial charge >= 0.3 is 0 Å². The molecule has 6 nitrogen and oxygen atoms in total. The summed E-state index contributed by atoms with van der Waals surface area (Å²) >= 11 is 1.75. The van der Waals surface area contributed by atoms with Crippen molar-refractivity contribution in [1.82, 2.24) is 25.6 Å². The average Bonchev–Trinajstić information content (AvgIpc) is 2.83. The molecule has 1 atom stereocenters. The number of nitrogens with two attached hydrogens (primary N) is 1. The number of rotatable bonds is 4. The molecular weight excluding hydrogens is 236 g/mol. The second kappa shape index (κ2) is 4.91. The first kappa shape index (κ1) is 12.2. The fraction of sp³-hybridized carbons (Fsp3) is 0.500. The first-order valence-electron chi connectivity index (χ1n) is 5.36. The Morgan fingerprint density at radius 1 is 1.53 bits per heavy atom. The maximum atomic E-state index is 5.59. The predicted molar refractivity (Wildman–Crippen MR) is 66.4 cm³/mol. The number of aromatic nitrogens is 4. The maximum absolute atomic E-state index is 5.59. The molecule has 1 unspecified atom stereocenters. The van der Waals surface area contributed by atoms with Crippen molar-refractivity contribution >= 4 is 11.3 Å². The van der Waals surface area contributed by atoms with E-state index in [1.54, 1.807) is 18.4 Å². The Balaban J connectivity index is 2.16. The lowest BCUT2D eigenvalue weighted by Crippen LogP contribution is -2.29. The standard InChI is InChI=1S/C10H16N6S/c1-6-4-9(17-7(6)2)8(12-11)5-10-13-15-16(3)14-10/h4,8,12H,5,11H2,1-3H3. The van der Waals surface area contributed by atoms with E-state index in [4.69, 9.17) is 5.84 Å². The third kappa shape index (κ3) is 2.68. The highest BCUT2D eigenvalue weighted by Crippen LogP contribution is 2.27. The molecule has 0 fully saturated rings. The van der Waals surface area contributed by atoms with Crippen molar-refractivity contribution < 1.29 is 0 Å². The van der Waals surface area contributed by atoms with Crippen molar-refractivity contribution in [2.24, 2.45) is 12.9 Å². The summed E-state index contributed by atoms with van der Waals surface area (Å²) in [5, 5.41) is 11.9. The molecule has 0 amide bonds. The second-order valence-corrected chi connectivity index (χ2v) is 5.29. The van der Waals surface area contributed by atoms with Crippen LogP contribution in [0.2, 0.25) is 0 Å². The van der Waals surface area contributed by atoms with Gasteiger partial charge in [-0.2, -0.15) is 4.80 Å². The molecule has 3 N–H and O–H groups in total. The van der Waals surface area contributed by atoms with Gasteiger partial charge in [-0.25, -0.2) is 0 Å². The summed E-state index contributed by atoms with van der Waals surface area (Å²) in [6.45, 7) is 4.21. The number of thiophene rings is 1. The Labute approximate surface area is 104 Å². The molecule has 2 aromatic heterocycles. The van der Waals surface area contributed by atoms with Crippen molar-refractivity contribution in [3.63, 3.8) is 0 Å². The third-order valence-electron chi connectivity index (χ3n) is 2.67. The van der Waals surface area contributed by atoms with Crippen molar-refractivity contribution in [3.05, 3.63) is 27.2 Å². The molecule has 92 valence electrons. The van der Waals surface area contributed by atoms with E-state index >= 15 is 0 Å². The molecular formula is C10H16N6S. The van der Waals surface area contributed by atoms with Crippen molar-refractivity contribution in [2.45, 2.75) is 26.3 Å². The highest BCUT2D eigenvalue weighted by molar-refractivity contribution is 7.12. The maximum Gasteiger partial charge on any atom is 0.176 e. The molecule has 0 radical (unpaired) electrons. The number of aryl methyl sites for hydroxylation is 3. The van der Waals surface area contributed by atoms with Crippen LogP contribution in [0.3, 0.4) is 0 Å². The molecule has 0 spiro atoms. The summed E-state index contributed by atoms with van der Waals surface area (Å²) in [6, 6.07) is 2.19. The van der Waals surface area contributed by atoms with Gasteiger partial charge in [0.25, 0.3) is 0 Å². The van der Waals surface area contributed by atoms with Gasteiger partial charge in [0.05, 0.1) is 13.1 Å². The van der Waals surface area contributed by atoms with Crippen LogP contribution in [0.4, 0.5) is 0 Å². The molecule has 2 rings (SSSR count). The quantitative estimate of drug-likeness (QED) is 0.616. The van der Waals surface area contributed by atoms with E-state index in [1.165, 1.54) is 20.1 Å².